The largest absolute Gasteiger partial charge is 0.493 e. The number of amides is 1. The van der Waals surface area contributed by atoms with Crippen LogP contribution in [0.5, 0.6) is 11.5 Å². The van der Waals surface area contributed by atoms with E-state index in [4.69, 9.17) is 9.47 Å². The number of carbonyl (C=O) groups excluding carboxylic acids is 1. The third-order valence-electron chi connectivity index (χ3n) is 4.90. The maximum absolute atomic E-state index is 13.2. The summed E-state index contributed by atoms with van der Waals surface area (Å²) >= 11 is 1.47. The summed E-state index contributed by atoms with van der Waals surface area (Å²) in [4.78, 5) is 31.9. The average molecular weight is 436 g/mol. The summed E-state index contributed by atoms with van der Waals surface area (Å²) < 4.78 is 11.8. The van der Waals surface area contributed by atoms with Gasteiger partial charge in [-0.25, -0.2) is 4.98 Å². The van der Waals surface area contributed by atoms with E-state index in [0.29, 0.717) is 27.4 Å². The number of aromatic nitrogens is 2. The number of aryl methyl sites for hydroxylation is 1. The molecule has 2 aromatic carbocycles. The summed E-state index contributed by atoms with van der Waals surface area (Å²) in [6.07, 6.45) is 1.42. The van der Waals surface area contributed by atoms with E-state index >= 15 is 0 Å². The number of ether oxygens (including phenoxy) is 2. The zero-order chi connectivity index (χ0) is 22.0. The van der Waals surface area contributed by atoms with E-state index in [9.17, 15) is 9.59 Å². The fourth-order valence-corrected chi connectivity index (χ4v) is 4.48. The highest BCUT2D eigenvalue weighted by Crippen LogP contribution is 2.35. The Kier molecular flexibility index (Phi) is 5.73. The Bertz CT molecular complexity index is 1310. The van der Waals surface area contributed by atoms with Crippen LogP contribution in [0.2, 0.25) is 0 Å². The van der Waals surface area contributed by atoms with Crippen molar-refractivity contribution in [3.05, 3.63) is 70.1 Å². The molecule has 1 amide bonds. The smallest absolute Gasteiger partial charge is 0.263 e. The van der Waals surface area contributed by atoms with E-state index in [0.717, 1.165) is 16.0 Å². The van der Waals surface area contributed by atoms with Gasteiger partial charge in [0.1, 0.15) is 11.4 Å². The molecule has 0 spiro atoms. The molecule has 4 aromatic rings. The molecule has 2 heterocycles. The molecule has 0 fully saturated rings. The first kappa shape index (κ1) is 20.6. The van der Waals surface area contributed by atoms with Crippen LogP contribution in [0.3, 0.4) is 0 Å². The lowest BCUT2D eigenvalue weighted by Crippen LogP contribution is -2.27. The average Bonchev–Trinajstić information content (AvgIpc) is 3.12. The van der Waals surface area contributed by atoms with Gasteiger partial charge in [0.2, 0.25) is 5.91 Å². The molecule has 8 heteroatoms. The van der Waals surface area contributed by atoms with E-state index < -0.39 is 0 Å². The Labute approximate surface area is 182 Å². The fourth-order valence-electron chi connectivity index (χ4n) is 3.47. The van der Waals surface area contributed by atoms with Gasteiger partial charge in [0, 0.05) is 22.2 Å². The van der Waals surface area contributed by atoms with Gasteiger partial charge in [-0.1, -0.05) is 30.3 Å². The number of rotatable bonds is 6. The van der Waals surface area contributed by atoms with Gasteiger partial charge in [-0.05, 0) is 24.6 Å². The van der Waals surface area contributed by atoms with Crippen LogP contribution in [-0.4, -0.2) is 29.7 Å². The molecule has 4 rings (SSSR count). The van der Waals surface area contributed by atoms with Crippen LogP contribution >= 0.6 is 11.3 Å². The number of benzene rings is 2. The standard InChI is InChI=1S/C23H21N3O4S/c1-14-20(15-7-5-4-6-8-15)21-22(31-14)24-13-26(23(21)28)12-19(27)25-16-9-10-17(29-2)18(11-16)30-3/h4-11,13H,12H2,1-3H3,(H,25,27). The van der Waals surface area contributed by atoms with Crippen molar-refractivity contribution >= 4 is 33.1 Å². The second kappa shape index (κ2) is 8.61. The van der Waals surface area contributed by atoms with Crippen LogP contribution in [0.15, 0.2) is 59.7 Å². The third kappa shape index (κ3) is 4.02. The number of fused-ring (bicyclic) bond motifs is 1. The van der Waals surface area contributed by atoms with E-state index in [1.54, 1.807) is 25.3 Å². The maximum Gasteiger partial charge on any atom is 0.263 e. The minimum atomic E-state index is -0.344. The van der Waals surface area contributed by atoms with E-state index in [-0.39, 0.29) is 18.0 Å². The number of methoxy groups -OCH3 is 2. The van der Waals surface area contributed by atoms with Crippen LogP contribution in [-0.2, 0) is 11.3 Å². The summed E-state index contributed by atoms with van der Waals surface area (Å²) in [5, 5.41) is 3.32. The number of hydrogen-bond acceptors (Lipinski definition) is 6. The number of nitrogens with zero attached hydrogens (tertiary/aromatic N) is 2. The normalized spacial score (nSPS) is 10.8. The minimum absolute atomic E-state index is 0.154. The van der Waals surface area contributed by atoms with Crippen LogP contribution in [0.1, 0.15) is 4.88 Å². The molecule has 0 aliphatic carbocycles. The Balaban J connectivity index is 1.64. The topological polar surface area (TPSA) is 82.5 Å². The van der Waals surface area contributed by atoms with Gasteiger partial charge >= 0.3 is 0 Å². The van der Waals surface area contributed by atoms with Gasteiger partial charge in [0.15, 0.2) is 11.5 Å². The molecule has 0 saturated heterocycles. The van der Waals surface area contributed by atoms with Crippen LogP contribution in [0, 0.1) is 6.92 Å². The lowest BCUT2D eigenvalue weighted by Gasteiger charge is -2.11. The number of hydrogen-bond donors (Lipinski definition) is 1. The monoisotopic (exact) mass is 435 g/mol. The maximum atomic E-state index is 13.2. The number of anilines is 1. The Morgan fingerprint density at radius 2 is 1.84 bits per heavy atom. The van der Waals surface area contributed by atoms with Gasteiger partial charge in [0.05, 0.1) is 25.9 Å². The summed E-state index contributed by atoms with van der Waals surface area (Å²) in [5.74, 6) is 0.720. The highest BCUT2D eigenvalue weighted by molar-refractivity contribution is 7.19. The zero-order valence-corrected chi connectivity index (χ0v) is 18.2. The van der Waals surface area contributed by atoms with Crippen molar-refractivity contribution in [3.8, 4) is 22.6 Å². The van der Waals surface area contributed by atoms with Crippen molar-refractivity contribution in [1.29, 1.82) is 0 Å². The van der Waals surface area contributed by atoms with Crippen LogP contribution in [0.4, 0.5) is 5.69 Å². The summed E-state index contributed by atoms with van der Waals surface area (Å²) in [6.45, 7) is 1.82. The molecule has 0 aliphatic rings. The highest BCUT2D eigenvalue weighted by atomic mass is 32.1. The lowest BCUT2D eigenvalue weighted by atomic mass is 10.0. The number of nitrogens with one attached hydrogen (secondary N) is 1. The van der Waals surface area contributed by atoms with Gasteiger partial charge in [-0.2, -0.15) is 0 Å². The Morgan fingerprint density at radius 3 is 2.55 bits per heavy atom. The molecule has 0 radical (unpaired) electrons. The van der Waals surface area contributed by atoms with Gasteiger partial charge in [-0.15, -0.1) is 11.3 Å². The van der Waals surface area contributed by atoms with Crippen LogP contribution in [0.25, 0.3) is 21.3 Å². The molecule has 0 atom stereocenters. The van der Waals surface area contributed by atoms with Crippen molar-refractivity contribution in [1.82, 2.24) is 9.55 Å². The van der Waals surface area contributed by atoms with E-state index in [1.807, 2.05) is 37.3 Å². The summed E-state index contributed by atoms with van der Waals surface area (Å²) in [6, 6.07) is 14.8. The SMILES string of the molecule is COc1ccc(NC(=O)Cn2cnc3sc(C)c(-c4ccccc4)c3c2=O)cc1OC. The molecule has 0 unspecified atom stereocenters. The van der Waals surface area contributed by atoms with Crippen molar-refractivity contribution in [2.45, 2.75) is 13.5 Å². The first-order chi connectivity index (χ1) is 15.0. The van der Waals surface area contributed by atoms with E-state index in [2.05, 4.69) is 10.3 Å². The Hall–Kier alpha value is -3.65. The minimum Gasteiger partial charge on any atom is -0.493 e. The molecule has 1 N–H and O–H groups in total. The molecule has 158 valence electrons. The molecule has 31 heavy (non-hydrogen) atoms. The molecule has 0 saturated carbocycles. The first-order valence-corrected chi connectivity index (χ1v) is 10.4. The molecule has 0 bridgehead atoms. The van der Waals surface area contributed by atoms with Crippen molar-refractivity contribution in [2.75, 3.05) is 19.5 Å². The number of thiophene rings is 1. The van der Waals surface area contributed by atoms with Crippen molar-refractivity contribution in [2.24, 2.45) is 0 Å². The second-order valence-electron chi connectivity index (χ2n) is 6.87. The number of carbonyl (C=O) groups is 1. The third-order valence-corrected chi connectivity index (χ3v) is 5.91. The summed E-state index contributed by atoms with van der Waals surface area (Å²) in [7, 11) is 3.07. The molecule has 2 aromatic heterocycles. The summed E-state index contributed by atoms with van der Waals surface area (Å²) in [5.41, 5.74) is 2.13. The highest BCUT2D eigenvalue weighted by Gasteiger charge is 2.18. The molecule has 7 nitrogen and oxygen atoms in total. The quantitative estimate of drug-likeness (QED) is 0.493. The van der Waals surface area contributed by atoms with E-state index in [1.165, 1.54) is 29.3 Å². The van der Waals surface area contributed by atoms with Gasteiger partial charge < -0.3 is 14.8 Å². The predicted octanol–water partition coefficient (Wildman–Crippen LogP) is 4.09. The van der Waals surface area contributed by atoms with Gasteiger partial charge in [0.25, 0.3) is 5.56 Å². The van der Waals surface area contributed by atoms with Crippen molar-refractivity contribution < 1.29 is 14.3 Å². The lowest BCUT2D eigenvalue weighted by molar-refractivity contribution is -0.116. The molecular weight excluding hydrogens is 414 g/mol. The van der Waals surface area contributed by atoms with Crippen molar-refractivity contribution in [3.63, 3.8) is 0 Å². The second-order valence-corrected chi connectivity index (χ2v) is 8.08. The predicted molar refractivity (Wildman–Crippen MR) is 122 cm³/mol. The molecular formula is C23H21N3O4S. The van der Waals surface area contributed by atoms with Crippen LogP contribution < -0.4 is 20.3 Å². The molecule has 0 aliphatic heterocycles. The first-order valence-electron chi connectivity index (χ1n) is 9.57. The van der Waals surface area contributed by atoms with Gasteiger partial charge in [-0.3, -0.25) is 14.2 Å². The Morgan fingerprint density at radius 1 is 1.10 bits per heavy atom. The fraction of sp³-hybridized carbons (Fsp3) is 0.174. The zero-order valence-electron chi connectivity index (χ0n) is 17.3.